The fourth-order valence-corrected chi connectivity index (χ4v) is 5.84. The van der Waals surface area contributed by atoms with Crippen LogP contribution in [0.4, 0.5) is 9.18 Å². The van der Waals surface area contributed by atoms with Gasteiger partial charge in [0.15, 0.2) is 0 Å². The second kappa shape index (κ2) is 9.93. The molecule has 4 rings (SSSR count). The summed E-state index contributed by atoms with van der Waals surface area (Å²) >= 11 is 0. The number of nitrogens with zero attached hydrogens (tertiary/aromatic N) is 1. The number of amides is 2. The lowest BCUT2D eigenvalue weighted by Crippen LogP contribution is -2.65. The molecule has 8 nitrogen and oxygen atoms in total. The molecular formula is C26H37FN2O6. The Hall–Kier alpha value is -2.39. The van der Waals surface area contributed by atoms with Gasteiger partial charge in [-0.15, -0.1) is 0 Å². The quantitative estimate of drug-likeness (QED) is 0.663. The van der Waals surface area contributed by atoms with Crippen molar-refractivity contribution < 1.29 is 33.3 Å². The zero-order chi connectivity index (χ0) is 25.4. The molecule has 2 N–H and O–H groups in total. The summed E-state index contributed by atoms with van der Waals surface area (Å²) in [6.07, 6.45) is 2.86. The van der Waals surface area contributed by atoms with Crippen LogP contribution < -0.4 is 5.32 Å². The van der Waals surface area contributed by atoms with Crippen molar-refractivity contribution in [1.82, 2.24) is 10.2 Å². The van der Waals surface area contributed by atoms with Crippen LogP contribution in [0.25, 0.3) is 0 Å². The van der Waals surface area contributed by atoms with Crippen LogP contribution in [0, 0.1) is 5.82 Å². The molecule has 3 unspecified atom stereocenters. The van der Waals surface area contributed by atoms with E-state index in [4.69, 9.17) is 14.2 Å². The van der Waals surface area contributed by atoms with Gasteiger partial charge < -0.3 is 24.6 Å². The summed E-state index contributed by atoms with van der Waals surface area (Å²) in [5.41, 5.74) is -1.00. The molecule has 2 aliphatic heterocycles. The van der Waals surface area contributed by atoms with Crippen LogP contribution in [0.1, 0.15) is 71.3 Å². The van der Waals surface area contributed by atoms with Gasteiger partial charge in [0.2, 0.25) is 5.91 Å². The highest BCUT2D eigenvalue weighted by Gasteiger charge is 2.56. The van der Waals surface area contributed by atoms with E-state index in [2.05, 4.69) is 5.32 Å². The summed E-state index contributed by atoms with van der Waals surface area (Å²) in [4.78, 5) is 27.1. The third kappa shape index (κ3) is 5.56. The van der Waals surface area contributed by atoms with Crippen molar-refractivity contribution >= 4 is 12.0 Å². The third-order valence-electron chi connectivity index (χ3n) is 7.30. The number of benzene rings is 1. The molecule has 3 aliphatic rings. The van der Waals surface area contributed by atoms with Gasteiger partial charge in [0.05, 0.1) is 30.9 Å². The highest BCUT2D eigenvalue weighted by Crippen LogP contribution is 2.41. The molecule has 2 heterocycles. The van der Waals surface area contributed by atoms with Crippen molar-refractivity contribution in [3.05, 3.63) is 29.6 Å². The Kier molecular flexibility index (Phi) is 7.29. The lowest BCUT2D eigenvalue weighted by molar-refractivity contribution is -0.137. The van der Waals surface area contributed by atoms with Gasteiger partial charge in [0.25, 0.3) is 0 Å². The molecule has 1 aromatic carbocycles. The van der Waals surface area contributed by atoms with Gasteiger partial charge in [-0.25, -0.2) is 9.18 Å². The number of hydrogen-bond acceptors (Lipinski definition) is 6. The minimum atomic E-state index is -0.734. The summed E-state index contributed by atoms with van der Waals surface area (Å²) in [7, 11) is 0. The average Bonchev–Trinajstić information content (AvgIpc) is 3.01. The molecule has 0 radical (unpaired) electrons. The van der Waals surface area contributed by atoms with Crippen LogP contribution in [0.5, 0.6) is 5.75 Å². The van der Waals surface area contributed by atoms with Gasteiger partial charge in [-0.05, 0) is 77.8 Å². The zero-order valence-corrected chi connectivity index (χ0v) is 21.0. The van der Waals surface area contributed by atoms with Gasteiger partial charge in [-0.2, -0.15) is 0 Å². The standard InChI is InChI=1S/C26H37FN2O6/c1-16-12-26(15-33-14-22(31)28-26)21(29(16)24(32)35-25(2,3)4)13-34-18-10-8-17(9-11-18)23-19(27)6-5-7-20(23)30/h5-7,16-18,21,30H,8-15H2,1-4H3,(H,28,31). The van der Waals surface area contributed by atoms with Crippen LogP contribution in [0.2, 0.25) is 0 Å². The second-order valence-electron chi connectivity index (χ2n) is 11.1. The van der Waals surface area contributed by atoms with Crippen molar-refractivity contribution in [3.8, 4) is 5.75 Å². The number of carbonyl (C=O) groups excluding carboxylic acids is 2. The molecule has 3 atom stereocenters. The Balaban J connectivity index is 1.45. The fourth-order valence-electron chi connectivity index (χ4n) is 5.84. The Labute approximate surface area is 206 Å². The van der Waals surface area contributed by atoms with Gasteiger partial charge in [0, 0.05) is 11.6 Å². The normalized spacial score (nSPS) is 31.5. The molecule has 2 saturated heterocycles. The summed E-state index contributed by atoms with van der Waals surface area (Å²) < 4.78 is 31.9. The minimum Gasteiger partial charge on any atom is -0.508 e. The predicted octanol–water partition coefficient (Wildman–Crippen LogP) is 3.86. The predicted molar refractivity (Wildman–Crippen MR) is 127 cm³/mol. The minimum absolute atomic E-state index is 0.00250. The molecule has 1 saturated carbocycles. The van der Waals surface area contributed by atoms with E-state index in [1.807, 2.05) is 27.7 Å². The monoisotopic (exact) mass is 492 g/mol. The highest BCUT2D eigenvalue weighted by atomic mass is 19.1. The zero-order valence-electron chi connectivity index (χ0n) is 21.0. The summed E-state index contributed by atoms with van der Waals surface area (Å²) in [6.45, 7) is 7.95. The number of carbonyl (C=O) groups is 2. The summed E-state index contributed by atoms with van der Waals surface area (Å²) in [5, 5.41) is 13.2. The first kappa shape index (κ1) is 25.7. The van der Waals surface area contributed by atoms with Gasteiger partial charge >= 0.3 is 6.09 Å². The Morgan fingerprint density at radius 2 is 2.00 bits per heavy atom. The number of hydrogen-bond donors (Lipinski definition) is 2. The second-order valence-corrected chi connectivity index (χ2v) is 11.1. The molecule has 0 bridgehead atoms. The summed E-state index contributed by atoms with van der Waals surface area (Å²) in [5.74, 6) is -0.641. The first-order chi connectivity index (χ1) is 16.5. The number of likely N-dealkylation sites (tertiary alicyclic amines) is 1. The van der Waals surface area contributed by atoms with Crippen LogP contribution in [0.15, 0.2) is 18.2 Å². The Bertz CT molecular complexity index is 922. The van der Waals surface area contributed by atoms with Crippen LogP contribution in [-0.2, 0) is 19.0 Å². The van der Waals surface area contributed by atoms with Crippen molar-refractivity contribution in [2.24, 2.45) is 0 Å². The van der Waals surface area contributed by atoms with Crippen molar-refractivity contribution in [1.29, 1.82) is 0 Å². The molecule has 194 valence electrons. The number of rotatable bonds is 4. The number of morpholine rings is 1. The van der Waals surface area contributed by atoms with E-state index in [-0.39, 0.29) is 48.8 Å². The molecule has 35 heavy (non-hydrogen) atoms. The Morgan fingerprint density at radius 1 is 1.29 bits per heavy atom. The molecule has 1 aliphatic carbocycles. The number of aromatic hydroxyl groups is 1. The molecule has 3 fully saturated rings. The smallest absolute Gasteiger partial charge is 0.410 e. The molecule has 9 heteroatoms. The molecule has 1 spiro atoms. The number of ether oxygens (including phenoxy) is 3. The topological polar surface area (TPSA) is 97.3 Å². The van der Waals surface area contributed by atoms with E-state index in [1.165, 1.54) is 18.2 Å². The first-order valence-electron chi connectivity index (χ1n) is 12.5. The largest absolute Gasteiger partial charge is 0.508 e. The molecular weight excluding hydrogens is 455 g/mol. The van der Waals surface area contributed by atoms with Crippen molar-refractivity contribution in [3.63, 3.8) is 0 Å². The van der Waals surface area contributed by atoms with E-state index in [1.54, 1.807) is 4.90 Å². The SMILES string of the molecule is CC1CC2(COCC(=O)N2)C(COC2CCC(c3c(O)cccc3F)CC2)N1C(=O)OC(C)(C)C. The van der Waals surface area contributed by atoms with E-state index < -0.39 is 23.3 Å². The van der Waals surface area contributed by atoms with E-state index in [0.717, 1.165) is 0 Å². The fraction of sp³-hybridized carbons (Fsp3) is 0.692. The number of nitrogens with one attached hydrogen (secondary N) is 1. The number of phenols is 1. The molecule has 1 aromatic rings. The van der Waals surface area contributed by atoms with E-state index in [9.17, 15) is 19.1 Å². The van der Waals surface area contributed by atoms with Crippen molar-refractivity contribution in [2.75, 3.05) is 19.8 Å². The van der Waals surface area contributed by atoms with Gasteiger partial charge in [-0.1, -0.05) is 6.07 Å². The third-order valence-corrected chi connectivity index (χ3v) is 7.30. The maximum Gasteiger partial charge on any atom is 0.410 e. The Morgan fingerprint density at radius 3 is 2.63 bits per heavy atom. The molecule has 2 amide bonds. The van der Waals surface area contributed by atoms with E-state index in [0.29, 0.717) is 44.3 Å². The molecule has 0 aromatic heterocycles. The maximum absolute atomic E-state index is 14.3. The van der Waals surface area contributed by atoms with Crippen LogP contribution in [0.3, 0.4) is 0 Å². The highest BCUT2D eigenvalue weighted by molar-refractivity contribution is 5.79. The lowest BCUT2D eigenvalue weighted by Gasteiger charge is -2.41. The van der Waals surface area contributed by atoms with E-state index >= 15 is 0 Å². The average molecular weight is 493 g/mol. The maximum atomic E-state index is 14.3. The lowest BCUT2D eigenvalue weighted by atomic mass is 9.82. The van der Waals surface area contributed by atoms with Crippen LogP contribution >= 0.6 is 0 Å². The van der Waals surface area contributed by atoms with Gasteiger partial charge in [-0.3, -0.25) is 9.69 Å². The van der Waals surface area contributed by atoms with Crippen LogP contribution in [-0.4, -0.2) is 71.2 Å². The first-order valence-corrected chi connectivity index (χ1v) is 12.5. The number of halogens is 1. The van der Waals surface area contributed by atoms with Crippen molar-refractivity contribution in [2.45, 2.75) is 95.0 Å². The number of phenolic OH excluding ortho intramolecular Hbond substituents is 1. The van der Waals surface area contributed by atoms with Gasteiger partial charge in [0.1, 0.15) is 23.8 Å². The summed E-state index contributed by atoms with van der Waals surface area (Å²) in [6, 6.07) is 3.80.